The van der Waals surface area contributed by atoms with E-state index in [0.717, 1.165) is 17.8 Å². The predicted octanol–water partition coefficient (Wildman–Crippen LogP) is 4.09. The molecule has 1 aliphatic heterocycles. The Morgan fingerprint density at radius 2 is 2.33 bits per heavy atom. The van der Waals surface area contributed by atoms with Gasteiger partial charge >= 0.3 is 5.97 Å². The van der Waals surface area contributed by atoms with E-state index in [9.17, 15) is 9.90 Å². The number of hydrogen-bond acceptors (Lipinski definition) is 3. The molecule has 0 saturated carbocycles. The fourth-order valence-corrected chi connectivity index (χ4v) is 2.86. The molecule has 0 saturated heterocycles. The summed E-state index contributed by atoms with van der Waals surface area (Å²) in [5.74, 6) is -0.352. The molecule has 0 atom stereocenters. The van der Waals surface area contributed by atoms with Gasteiger partial charge in [0.25, 0.3) is 0 Å². The third kappa shape index (κ3) is 3.21. The normalized spacial score (nSPS) is 13.5. The van der Waals surface area contributed by atoms with Gasteiger partial charge < -0.3 is 9.84 Å². The molecule has 124 valence electrons. The Morgan fingerprint density at radius 3 is 3.08 bits per heavy atom. The van der Waals surface area contributed by atoms with Gasteiger partial charge in [0, 0.05) is 23.1 Å². The Hall–Kier alpha value is -2.53. The van der Waals surface area contributed by atoms with E-state index in [1.807, 2.05) is 37.3 Å². The first-order valence-electron chi connectivity index (χ1n) is 7.69. The second-order valence-corrected chi connectivity index (χ2v) is 5.82. The van der Waals surface area contributed by atoms with Crippen LogP contribution in [0.5, 0.6) is 5.88 Å². The van der Waals surface area contributed by atoms with E-state index < -0.39 is 5.97 Å². The third-order valence-corrected chi connectivity index (χ3v) is 3.99. The Bertz CT molecular complexity index is 837. The van der Waals surface area contributed by atoms with E-state index in [1.54, 1.807) is 16.8 Å². The maximum absolute atomic E-state index is 11.3. The first-order chi connectivity index (χ1) is 11.6. The van der Waals surface area contributed by atoms with Gasteiger partial charge in [0.1, 0.15) is 6.61 Å². The van der Waals surface area contributed by atoms with Crippen LogP contribution in [0.2, 0.25) is 0 Å². The first-order valence-corrected chi connectivity index (χ1v) is 8.07. The highest BCUT2D eigenvalue weighted by atomic mass is 35.5. The van der Waals surface area contributed by atoms with Crippen LogP contribution in [0.3, 0.4) is 0 Å². The number of nitrogens with zero attached hydrogens (tertiary/aromatic N) is 2. The number of fused-ring (bicyclic) bond motifs is 3. The molecular weight excluding hydrogens is 328 g/mol. The molecule has 24 heavy (non-hydrogen) atoms. The van der Waals surface area contributed by atoms with Gasteiger partial charge in [0.05, 0.1) is 16.9 Å². The van der Waals surface area contributed by atoms with Gasteiger partial charge in [-0.05, 0) is 24.6 Å². The summed E-state index contributed by atoms with van der Waals surface area (Å²) in [7, 11) is 0. The summed E-state index contributed by atoms with van der Waals surface area (Å²) in [5.41, 5.74) is 2.45. The fourth-order valence-electron chi connectivity index (χ4n) is 2.61. The van der Waals surface area contributed by atoms with Crippen LogP contribution in [-0.4, -0.2) is 20.9 Å². The highest BCUT2D eigenvalue weighted by molar-refractivity contribution is 6.31. The lowest BCUT2D eigenvalue weighted by atomic mass is 10.1. The smallest absolute Gasteiger partial charge is 0.336 e. The lowest BCUT2D eigenvalue weighted by molar-refractivity contribution is 0.0693. The van der Waals surface area contributed by atoms with Crippen molar-refractivity contribution in [2.24, 2.45) is 0 Å². The van der Waals surface area contributed by atoms with Crippen molar-refractivity contribution in [2.75, 3.05) is 0 Å². The Labute approximate surface area is 144 Å². The number of rotatable bonds is 5. The van der Waals surface area contributed by atoms with Crippen molar-refractivity contribution in [3.63, 3.8) is 0 Å². The predicted molar refractivity (Wildman–Crippen MR) is 91.9 cm³/mol. The number of carboxylic acid groups (broad SMARTS) is 1. The number of allylic oxidation sites excluding steroid dienone is 4. The minimum absolute atomic E-state index is 0.226. The minimum Gasteiger partial charge on any atom is -0.478 e. The molecule has 0 radical (unpaired) electrons. The number of hydrogen-bond donors (Lipinski definition) is 1. The number of benzene rings is 1. The van der Waals surface area contributed by atoms with Crippen LogP contribution in [0.1, 0.15) is 35.0 Å². The van der Waals surface area contributed by atoms with E-state index in [2.05, 4.69) is 5.10 Å². The van der Waals surface area contributed by atoms with Crippen LogP contribution in [0.4, 0.5) is 0 Å². The molecule has 1 N–H and O–H groups in total. The van der Waals surface area contributed by atoms with Crippen molar-refractivity contribution in [3.05, 3.63) is 64.3 Å². The summed E-state index contributed by atoms with van der Waals surface area (Å²) in [6.07, 6.45) is 7.23. The number of halogens is 1. The van der Waals surface area contributed by atoms with Crippen LogP contribution in [0.25, 0.3) is 5.69 Å². The van der Waals surface area contributed by atoms with Crippen LogP contribution in [0, 0.1) is 0 Å². The second kappa shape index (κ2) is 6.93. The van der Waals surface area contributed by atoms with Gasteiger partial charge in [0.15, 0.2) is 0 Å². The molecule has 0 spiro atoms. The summed E-state index contributed by atoms with van der Waals surface area (Å²) in [4.78, 5) is 11.3. The Kier molecular flexibility index (Phi) is 4.71. The van der Waals surface area contributed by atoms with Gasteiger partial charge in [-0.1, -0.05) is 36.7 Å². The van der Waals surface area contributed by atoms with Crippen molar-refractivity contribution < 1.29 is 14.6 Å². The fraction of sp³-hybridized carbons (Fsp3) is 0.222. The Balaban J connectivity index is 1.88. The van der Waals surface area contributed by atoms with Gasteiger partial charge in [-0.2, -0.15) is 5.10 Å². The standard InChI is InChI=1S/C18H17ClN2O3/c1-2-5-12(19)6-3-7-13-10-17-21(20-13)16-9-4-8-14(18(22)23)15(16)11-24-17/h3-6,8-10H,2,7,11H2,1H3,(H,22,23)/b6-3-,12-5+. The quantitative estimate of drug-likeness (QED) is 0.829. The topological polar surface area (TPSA) is 64.4 Å². The summed E-state index contributed by atoms with van der Waals surface area (Å²) in [6, 6.07) is 7.00. The molecule has 2 heterocycles. The zero-order chi connectivity index (χ0) is 17.1. The molecule has 1 aromatic carbocycles. The minimum atomic E-state index is -0.966. The molecule has 1 aliphatic rings. The maximum Gasteiger partial charge on any atom is 0.336 e. The number of aromatic carboxylic acids is 1. The molecule has 0 unspecified atom stereocenters. The molecule has 6 heteroatoms. The maximum atomic E-state index is 11.3. The second-order valence-electron chi connectivity index (χ2n) is 5.39. The highest BCUT2D eigenvalue weighted by Gasteiger charge is 2.23. The van der Waals surface area contributed by atoms with Crippen molar-refractivity contribution in [1.29, 1.82) is 0 Å². The van der Waals surface area contributed by atoms with Crippen LogP contribution in [0.15, 0.2) is 47.5 Å². The molecule has 3 rings (SSSR count). The zero-order valence-corrected chi connectivity index (χ0v) is 14.0. The van der Waals surface area contributed by atoms with E-state index in [-0.39, 0.29) is 12.2 Å². The van der Waals surface area contributed by atoms with Gasteiger partial charge in [-0.25, -0.2) is 9.48 Å². The number of aromatic nitrogens is 2. The van der Waals surface area contributed by atoms with Crippen LogP contribution >= 0.6 is 11.6 Å². The van der Waals surface area contributed by atoms with E-state index >= 15 is 0 Å². The van der Waals surface area contributed by atoms with E-state index in [0.29, 0.717) is 22.9 Å². The lowest BCUT2D eigenvalue weighted by Gasteiger charge is -2.20. The molecule has 1 aromatic heterocycles. The monoisotopic (exact) mass is 344 g/mol. The number of ether oxygens (including phenoxy) is 1. The average molecular weight is 345 g/mol. The van der Waals surface area contributed by atoms with E-state index in [4.69, 9.17) is 16.3 Å². The third-order valence-electron chi connectivity index (χ3n) is 3.70. The van der Waals surface area contributed by atoms with Crippen LogP contribution < -0.4 is 4.74 Å². The molecule has 0 amide bonds. The van der Waals surface area contributed by atoms with Gasteiger partial charge in [-0.15, -0.1) is 0 Å². The van der Waals surface area contributed by atoms with E-state index in [1.165, 1.54) is 0 Å². The Morgan fingerprint density at radius 1 is 1.50 bits per heavy atom. The van der Waals surface area contributed by atoms with Crippen molar-refractivity contribution in [3.8, 4) is 11.6 Å². The van der Waals surface area contributed by atoms with Gasteiger partial charge in [0.2, 0.25) is 5.88 Å². The summed E-state index contributed by atoms with van der Waals surface area (Å²) in [5, 5.41) is 14.5. The highest BCUT2D eigenvalue weighted by Crippen LogP contribution is 2.30. The molecule has 0 bridgehead atoms. The molecule has 2 aromatic rings. The lowest BCUT2D eigenvalue weighted by Crippen LogP contribution is -2.16. The van der Waals surface area contributed by atoms with Crippen molar-refractivity contribution in [1.82, 2.24) is 9.78 Å². The largest absolute Gasteiger partial charge is 0.478 e. The number of carboxylic acids is 1. The van der Waals surface area contributed by atoms with Crippen LogP contribution in [-0.2, 0) is 13.0 Å². The average Bonchev–Trinajstić information content (AvgIpc) is 2.97. The molecule has 0 aliphatic carbocycles. The first kappa shape index (κ1) is 16.3. The molecule has 5 nitrogen and oxygen atoms in total. The zero-order valence-electron chi connectivity index (χ0n) is 13.2. The van der Waals surface area contributed by atoms with Gasteiger partial charge in [-0.3, -0.25) is 0 Å². The summed E-state index contributed by atoms with van der Waals surface area (Å²) < 4.78 is 7.31. The number of carbonyl (C=O) groups is 1. The SMILES string of the molecule is CC/C=C(Cl)\C=C/Cc1cc2n(n1)-c1cccc(C(=O)O)c1CO2. The molecule has 0 fully saturated rings. The van der Waals surface area contributed by atoms with Crippen molar-refractivity contribution >= 4 is 17.6 Å². The van der Waals surface area contributed by atoms with Crippen molar-refractivity contribution in [2.45, 2.75) is 26.4 Å². The summed E-state index contributed by atoms with van der Waals surface area (Å²) >= 11 is 6.03. The summed E-state index contributed by atoms with van der Waals surface area (Å²) in [6.45, 7) is 2.25. The molecular formula is C18H17ClN2O3.